The van der Waals surface area contributed by atoms with Gasteiger partial charge < -0.3 is 20.3 Å². The van der Waals surface area contributed by atoms with Crippen LogP contribution in [0, 0.1) is 0 Å². The van der Waals surface area contributed by atoms with Crippen molar-refractivity contribution in [3.63, 3.8) is 0 Å². The first kappa shape index (κ1) is 15.3. The van der Waals surface area contributed by atoms with Gasteiger partial charge in [0.15, 0.2) is 0 Å². The average molecular weight is 291 g/mol. The normalized spacial score (nSPS) is 15.5. The summed E-state index contributed by atoms with van der Waals surface area (Å²) in [6, 6.07) is 7.62. The highest BCUT2D eigenvalue weighted by Gasteiger charge is 2.29. The number of piperazine rings is 1. The van der Waals surface area contributed by atoms with Gasteiger partial charge in [-0.25, -0.2) is 0 Å². The van der Waals surface area contributed by atoms with E-state index < -0.39 is 11.8 Å². The number of carbonyl (C=O) groups is 2. The van der Waals surface area contributed by atoms with Crippen LogP contribution in [0.4, 0.5) is 0 Å². The number of ether oxygens (including phenoxy) is 1. The summed E-state index contributed by atoms with van der Waals surface area (Å²) in [5, 5.41) is 0. The summed E-state index contributed by atoms with van der Waals surface area (Å²) < 4.78 is 5.61. The first-order valence-corrected chi connectivity index (χ1v) is 7.08. The summed E-state index contributed by atoms with van der Waals surface area (Å²) in [5.74, 6) is -0.0661. The highest BCUT2D eigenvalue weighted by molar-refractivity contribution is 6.35. The number of amides is 2. The number of rotatable bonds is 6. The maximum absolute atomic E-state index is 11.8. The molecule has 21 heavy (non-hydrogen) atoms. The number of nitrogens with zero attached hydrogens (tertiary/aromatic N) is 2. The first-order chi connectivity index (χ1) is 10.1. The second-order valence-corrected chi connectivity index (χ2v) is 5.07. The van der Waals surface area contributed by atoms with Crippen LogP contribution in [0.25, 0.3) is 0 Å². The van der Waals surface area contributed by atoms with E-state index in [0.717, 1.165) is 11.3 Å². The van der Waals surface area contributed by atoms with E-state index in [-0.39, 0.29) is 0 Å². The number of hydrogen-bond acceptors (Lipinski definition) is 4. The molecule has 1 aromatic carbocycles. The van der Waals surface area contributed by atoms with E-state index in [0.29, 0.717) is 39.2 Å². The molecule has 1 aromatic rings. The molecule has 1 fully saturated rings. The third-order valence-electron chi connectivity index (χ3n) is 3.52. The third kappa shape index (κ3) is 3.95. The van der Waals surface area contributed by atoms with Gasteiger partial charge in [0, 0.05) is 33.2 Å². The molecule has 0 spiro atoms. The molecule has 0 saturated carbocycles. The van der Waals surface area contributed by atoms with E-state index in [1.54, 1.807) is 11.9 Å². The lowest BCUT2D eigenvalue weighted by Crippen LogP contribution is -2.53. The fraction of sp³-hybridized carbons (Fsp3) is 0.467. The summed E-state index contributed by atoms with van der Waals surface area (Å²) in [5.41, 5.74) is 6.59. The Hall–Kier alpha value is -2.08. The van der Waals surface area contributed by atoms with Gasteiger partial charge in [0.1, 0.15) is 5.75 Å². The lowest BCUT2D eigenvalue weighted by Gasteiger charge is -2.31. The Bertz CT molecular complexity index is 501. The maximum atomic E-state index is 11.8. The fourth-order valence-electron chi connectivity index (χ4n) is 2.15. The highest BCUT2D eigenvalue weighted by atomic mass is 16.5. The van der Waals surface area contributed by atoms with Gasteiger partial charge in [-0.2, -0.15) is 0 Å². The molecule has 0 bridgehead atoms. The second-order valence-electron chi connectivity index (χ2n) is 5.07. The van der Waals surface area contributed by atoms with Gasteiger partial charge in [-0.1, -0.05) is 12.1 Å². The molecular weight excluding hydrogens is 270 g/mol. The molecule has 1 saturated heterocycles. The predicted octanol–water partition coefficient (Wildman–Crippen LogP) is 0.215. The quantitative estimate of drug-likeness (QED) is 0.601. The van der Waals surface area contributed by atoms with Crippen molar-refractivity contribution in [2.75, 3.05) is 33.3 Å². The van der Waals surface area contributed by atoms with Crippen LogP contribution in [0.15, 0.2) is 24.3 Å². The molecule has 2 N–H and O–H groups in total. The molecule has 0 aromatic heterocycles. The predicted molar refractivity (Wildman–Crippen MR) is 78.7 cm³/mol. The topological polar surface area (TPSA) is 75.9 Å². The van der Waals surface area contributed by atoms with Crippen molar-refractivity contribution in [1.29, 1.82) is 0 Å². The van der Waals surface area contributed by atoms with Crippen LogP contribution in [-0.2, 0) is 16.1 Å². The highest BCUT2D eigenvalue weighted by Crippen LogP contribution is 2.12. The van der Waals surface area contributed by atoms with Crippen molar-refractivity contribution in [2.24, 2.45) is 5.73 Å². The van der Waals surface area contributed by atoms with Crippen LogP contribution in [0.1, 0.15) is 12.0 Å². The Morgan fingerprint density at radius 1 is 1.14 bits per heavy atom. The zero-order chi connectivity index (χ0) is 15.2. The lowest BCUT2D eigenvalue weighted by molar-refractivity contribution is -0.155. The SMILES string of the molecule is CN1CCN(CCCOc2ccc(CN)cc2)C(=O)C1=O. The van der Waals surface area contributed by atoms with E-state index in [2.05, 4.69) is 0 Å². The van der Waals surface area contributed by atoms with Crippen LogP contribution in [0.5, 0.6) is 5.75 Å². The van der Waals surface area contributed by atoms with Gasteiger partial charge in [-0.05, 0) is 24.1 Å². The molecule has 0 unspecified atom stereocenters. The van der Waals surface area contributed by atoms with Gasteiger partial charge in [-0.15, -0.1) is 0 Å². The molecule has 2 amide bonds. The molecule has 0 atom stereocenters. The molecule has 1 aliphatic heterocycles. The van der Waals surface area contributed by atoms with Crippen LogP contribution in [0.2, 0.25) is 0 Å². The maximum Gasteiger partial charge on any atom is 0.312 e. The number of likely N-dealkylation sites (N-methyl/N-ethyl adjacent to an activating group) is 1. The van der Waals surface area contributed by atoms with Gasteiger partial charge in [0.2, 0.25) is 0 Å². The largest absolute Gasteiger partial charge is 0.494 e. The molecule has 6 heteroatoms. The molecule has 1 aliphatic rings. The Balaban J connectivity index is 1.72. The summed E-state index contributed by atoms with van der Waals surface area (Å²) in [4.78, 5) is 26.3. The van der Waals surface area contributed by atoms with Gasteiger partial charge in [-0.3, -0.25) is 9.59 Å². The van der Waals surface area contributed by atoms with Crippen molar-refractivity contribution in [2.45, 2.75) is 13.0 Å². The van der Waals surface area contributed by atoms with E-state index in [9.17, 15) is 9.59 Å². The van der Waals surface area contributed by atoms with Crippen molar-refractivity contribution >= 4 is 11.8 Å². The molecule has 1 heterocycles. The van der Waals surface area contributed by atoms with E-state index in [1.165, 1.54) is 4.90 Å². The standard InChI is InChI=1S/C15H21N3O3/c1-17-8-9-18(15(20)14(17)19)7-2-10-21-13-5-3-12(11-16)4-6-13/h3-6H,2,7-11,16H2,1H3. The van der Waals surface area contributed by atoms with E-state index >= 15 is 0 Å². The van der Waals surface area contributed by atoms with Gasteiger partial charge in [0.05, 0.1) is 6.61 Å². The van der Waals surface area contributed by atoms with Crippen molar-refractivity contribution < 1.29 is 14.3 Å². The monoisotopic (exact) mass is 291 g/mol. The molecule has 6 nitrogen and oxygen atoms in total. The Morgan fingerprint density at radius 2 is 1.86 bits per heavy atom. The second kappa shape index (κ2) is 7.08. The third-order valence-corrected chi connectivity index (χ3v) is 3.52. The number of benzene rings is 1. The Labute approximate surface area is 124 Å². The molecule has 0 aliphatic carbocycles. The van der Waals surface area contributed by atoms with Crippen LogP contribution < -0.4 is 10.5 Å². The summed E-state index contributed by atoms with van der Waals surface area (Å²) in [6.45, 7) is 2.74. The minimum atomic E-state index is -0.431. The number of carbonyl (C=O) groups excluding carboxylic acids is 2. The minimum Gasteiger partial charge on any atom is -0.494 e. The van der Waals surface area contributed by atoms with Crippen molar-refractivity contribution in [3.8, 4) is 5.75 Å². The fourth-order valence-corrected chi connectivity index (χ4v) is 2.15. The first-order valence-electron chi connectivity index (χ1n) is 7.08. The zero-order valence-electron chi connectivity index (χ0n) is 12.2. The van der Waals surface area contributed by atoms with E-state index in [1.807, 2.05) is 24.3 Å². The molecular formula is C15H21N3O3. The summed E-state index contributed by atoms with van der Waals surface area (Å²) in [7, 11) is 1.64. The van der Waals surface area contributed by atoms with Gasteiger partial charge in [0.25, 0.3) is 0 Å². The smallest absolute Gasteiger partial charge is 0.312 e. The average Bonchev–Trinajstić information content (AvgIpc) is 2.51. The molecule has 114 valence electrons. The Kier molecular flexibility index (Phi) is 5.16. The Morgan fingerprint density at radius 3 is 2.52 bits per heavy atom. The lowest BCUT2D eigenvalue weighted by atomic mass is 10.2. The molecule has 2 rings (SSSR count). The van der Waals surface area contributed by atoms with Crippen LogP contribution in [0.3, 0.4) is 0 Å². The van der Waals surface area contributed by atoms with E-state index in [4.69, 9.17) is 10.5 Å². The van der Waals surface area contributed by atoms with Crippen LogP contribution >= 0.6 is 0 Å². The zero-order valence-corrected chi connectivity index (χ0v) is 12.2. The summed E-state index contributed by atoms with van der Waals surface area (Å²) >= 11 is 0. The number of hydrogen-bond donors (Lipinski definition) is 1. The van der Waals surface area contributed by atoms with Gasteiger partial charge >= 0.3 is 11.8 Å². The van der Waals surface area contributed by atoms with Crippen molar-refractivity contribution in [3.05, 3.63) is 29.8 Å². The van der Waals surface area contributed by atoms with Crippen LogP contribution in [-0.4, -0.2) is 54.9 Å². The summed E-state index contributed by atoms with van der Waals surface area (Å²) in [6.07, 6.45) is 0.696. The minimum absolute atomic E-state index is 0.420. The number of nitrogens with two attached hydrogens (primary N) is 1. The molecule has 0 radical (unpaired) electrons. The van der Waals surface area contributed by atoms with Crippen molar-refractivity contribution in [1.82, 2.24) is 9.80 Å².